The number of hydrogen-bond donors (Lipinski definition) is 1. The van der Waals surface area contributed by atoms with Gasteiger partial charge in [0.1, 0.15) is 6.10 Å². The summed E-state index contributed by atoms with van der Waals surface area (Å²) in [6.45, 7) is 16.8. The molecule has 224 valence electrons. The second-order valence-corrected chi connectivity index (χ2v) is 36.6. The molecule has 0 fully saturated rings. The second-order valence-electron chi connectivity index (χ2n) is 12.1. The summed E-state index contributed by atoms with van der Waals surface area (Å²) in [7, 11) is -12.1. The van der Waals surface area contributed by atoms with Crippen molar-refractivity contribution >= 4 is 66.2 Å². The lowest BCUT2D eigenvalue weighted by atomic mass is 9.98. The molecule has 0 aromatic carbocycles. The van der Waals surface area contributed by atoms with Crippen molar-refractivity contribution in [2.24, 2.45) is 5.92 Å². The van der Waals surface area contributed by atoms with Crippen molar-refractivity contribution in [1.82, 2.24) is 0 Å². The maximum Gasteiger partial charge on any atom is 0.404 e. The van der Waals surface area contributed by atoms with Crippen molar-refractivity contribution in [3.8, 4) is 0 Å². The Morgan fingerprint density at radius 2 is 1.08 bits per heavy atom. The first-order valence-electron chi connectivity index (χ1n) is 11.8. The fourth-order valence-corrected chi connectivity index (χ4v) is 19.6. The molecule has 0 saturated carbocycles. The zero-order chi connectivity index (χ0) is 30.4. The zero-order valence-corrected chi connectivity index (χ0v) is 30.5. The van der Waals surface area contributed by atoms with Gasteiger partial charge in [-0.25, -0.2) is 9.59 Å². The number of halogens is 6. The molecular weight excluding hydrogens is 623 g/mol. The van der Waals surface area contributed by atoms with Gasteiger partial charge in [0, 0.05) is 16.4 Å². The van der Waals surface area contributed by atoms with Crippen molar-refractivity contribution in [2.45, 2.75) is 88.1 Å². The van der Waals surface area contributed by atoms with Crippen LogP contribution in [0.5, 0.6) is 0 Å². The molecule has 0 radical (unpaired) electrons. The largest absolute Gasteiger partial charge is 0.478 e. The highest BCUT2D eigenvalue weighted by molar-refractivity contribution is 6.86. The van der Waals surface area contributed by atoms with Crippen LogP contribution in [0.3, 0.4) is 0 Å². The number of ether oxygens (including phenoxy) is 1. The number of carbonyl (C=O) groups is 2. The van der Waals surface area contributed by atoms with E-state index in [0.717, 1.165) is 0 Å². The third kappa shape index (κ3) is 16.5. The molecule has 1 N–H and O–H groups in total. The van der Waals surface area contributed by atoms with Crippen molar-refractivity contribution in [3.63, 3.8) is 0 Å². The van der Waals surface area contributed by atoms with Crippen molar-refractivity contribution < 1.29 is 58.1 Å². The molecular formula is C19H40F6O7Si6. The van der Waals surface area contributed by atoms with Gasteiger partial charge in [-0.2, -0.15) is 26.3 Å². The van der Waals surface area contributed by atoms with Crippen LogP contribution in [0.15, 0.2) is 12.2 Å². The van der Waals surface area contributed by atoms with Gasteiger partial charge in [-0.05, 0) is 65.3 Å². The average molecular weight is 663 g/mol. The number of hydrogen-bond acceptors (Lipinski definition) is 6. The van der Waals surface area contributed by atoms with E-state index in [0.29, 0.717) is 6.08 Å². The van der Waals surface area contributed by atoms with Crippen molar-refractivity contribution in [1.29, 1.82) is 0 Å². The third-order valence-corrected chi connectivity index (χ3v) is 23.3. The van der Waals surface area contributed by atoms with E-state index in [9.17, 15) is 35.9 Å². The standard InChI is InChI=1S/C19H40F6O7Si6/c1-36(2,3)30-33-17(34-31-37(4,5)6,35-32-38(7,8)9)12-13(29-15(28)11-10-14(26)27)16(18(20,21)22)19(23,24)25/h10-11,13,16H,12,33-35H2,1-9H3,(H,26,27). The molecule has 19 heteroatoms. The SMILES string of the molecule is C[Si](C)(C)O[SiH2]C(CC(OC(=O)C=CC(=O)O)C(C(F)(F)F)C(F)(F)F)([SiH2]O[Si](C)(C)C)[SiH2]O[Si](C)(C)C. The first kappa shape index (κ1) is 37.4. The topological polar surface area (TPSA) is 91.3 Å². The third-order valence-electron chi connectivity index (χ3n) is 4.77. The summed E-state index contributed by atoms with van der Waals surface area (Å²) in [6, 6.07) is 0. The van der Waals surface area contributed by atoms with Crippen molar-refractivity contribution in [3.05, 3.63) is 12.2 Å². The lowest BCUT2D eigenvalue weighted by Crippen LogP contribution is -2.53. The molecule has 38 heavy (non-hydrogen) atoms. The Kier molecular flexibility index (Phi) is 13.7. The van der Waals surface area contributed by atoms with Gasteiger partial charge >= 0.3 is 24.3 Å². The highest BCUT2D eigenvalue weighted by Gasteiger charge is 2.63. The lowest BCUT2D eigenvalue weighted by molar-refractivity contribution is -0.307. The summed E-state index contributed by atoms with van der Waals surface area (Å²) >= 11 is 0. The summed E-state index contributed by atoms with van der Waals surface area (Å²) in [5, 5.41) is 8.71. The number of carbonyl (C=O) groups excluding carboxylic acids is 1. The number of esters is 1. The maximum absolute atomic E-state index is 13.9. The van der Waals surface area contributed by atoms with Crippen LogP contribution in [0, 0.1) is 5.92 Å². The molecule has 0 aromatic rings. The van der Waals surface area contributed by atoms with Gasteiger partial charge < -0.3 is 22.2 Å². The summed E-state index contributed by atoms with van der Waals surface area (Å²) in [5.74, 6) is -7.20. The van der Waals surface area contributed by atoms with E-state index >= 15 is 0 Å². The lowest BCUT2D eigenvalue weighted by Gasteiger charge is -2.41. The second kappa shape index (κ2) is 13.9. The van der Waals surface area contributed by atoms with Crippen LogP contribution in [-0.4, -0.2) is 89.7 Å². The van der Waals surface area contributed by atoms with Gasteiger partial charge in [0.2, 0.25) is 0 Å². The quantitative estimate of drug-likeness (QED) is 0.124. The van der Waals surface area contributed by atoms with E-state index in [-0.39, 0.29) is 6.08 Å². The minimum atomic E-state index is -5.78. The van der Waals surface area contributed by atoms with Gasteiger partial charge in [0.25, 0.3) is 0 Å². The summed E-state index contributed by atoms with van der Waals surface area (Å²) in [5.41, 5.74) is 0. The normalized spacial score (nSPS) is 17.5. The van der Waals surface area contributed by atoms with E-state index in [2.05, 4.69) is 0 Å². The molecule has 1 atom stereocenters. The van der Waals surface area contributed by atoms with Gasteiger partial charge in [-0.15, -0.1) is 0 Å². The molecule has 0 aromatic heterocycles. The number of alkyl halides is 6. The average Bonchev–Trinajstić information content (AvgIpc) is 2.63. The van der Waals surface area contributed by atoms with Crippen LogP contribution in [0.1, 0.15) is 6.42 Å². The Balaban J connectivity index is 6.88. The summed E-state index contributed by atoms with van der Waals surface area (Å²) in [6.07, 6.45) is -14.4. The fourth-order valence-electron chi connectivity index (χ4n) is 3.00. The molecule has 1 unspecified atom stereocenters. The number of carboxylic acid groups (broad SMARTS) is 1. The van der Waals surface area contributed by atoms with Gasteiger partial charge in [-0.1, -0.05) is 0 Å². The van der Waals surface area contributed by atoms with E-state index in [4.69, 9.17) is 22.2 Å². The van der Waals surface area contributed by atoms with E-state index in [1.807, 2.05) is 58.9 Å². The van der Waals surface area contributed by atoms with Crippen LogP contribution in [-0.2, 0) is 26.7 Å². The summed E-state index contributed by atoms with van der Waals surface area (Å²) < 4.78 is 105. The Bertz CT molecular complexity index is 760. The minimum Gasteiger partial charge on any atom is -0.478 e. The number of carboxylic acids is 1. The van der Waals surface area contributed by atoms with E-state index in [1.165, 1.54) is 0 Å². The molecule has 0 aliphatic carbocycles. The number of aliphatic carboxylic acids is 1. The Labute approximate surface area is 230 Å². The monoisotopic (exact) mass is 662 g/mol. The molecule has 0 heterocycles. The summed E-state index contributed by atoms with van der Waals surface area (Å²) in [4.78, 5) is 22.9. The predicted molar refractivity (Wildman–Crippen MR) is 148 cm³/mol. The predicted octanol–water partition coefficient (Wildman–Crippen LogP) is 3.55. The molecule has 0 bridgehead atoms. The van der Waals surface area contributed by atoms with Crippen LogP contribution in [0.25, 0.3) is 0 Å². The molecule has 0 saturated heterocycles. The molecule has 0 amide bonds. The first-order valence-corrected chi connectivity index (χ1v) is 25.9. The molecule has 0 spiro atoms. The molecule has 0 aliphatic rings. The Morgan fingerprint density at radius 3 is 1.34 bits per heavy atom. The molecule has 0 aliphatic heterocycles. The van der Waals surface area contributed by atoms with Crippen LogP contribution in [0.4, 0.5) is 26.3 Å². The smallest absolute Gasteiger partial charge is 0.404 e. The zero-order valence-electron chi connectivity index (χ0n) is 23.3. The van der Waals surface area contributed by atoms with Gasteiger partial charge in [-0.3, -0.25) is 0 Å². The van der Waals surface area contributed by atoms with Gasteiger partial charge in [0.05, 0.1) is 0 Å². The first-order chi connectivity index (χ1) is 16.7. The van der Waals surface area contributed by atoms with E-state index in [1.54, 1.807) is 0 Å². The molecule has 0 rings (SSSR count). The highest BCUT2D eigenvalue weighted by Crippen LogP contribution is 2.46. The Hall–Kier alpha value is -0.559. The van der Waals surface area contributed by atoms with Crippen LogP contribution in [0.2, 0.25) is 63.2 Å². The molecule has 7 nitrogen and oxygen atoms in total. The number of rotatable bonds is 15. The van der Waals surface area contributed by atoms with Crippen molar-refractivity contribution in [2.75, 3.05) is 0 Å². The van der Waals surface area contributed by atoms with E-state index < -0.39 is 101 Å². The Morgan fingerprint density at radius 1 is 0.737 bits per heavy atom. The maximum atomic E-state index is 13.9. The highest BCUT2D eigenvalue weighted by atomic mass is 28.4. The minimum absolute atomic E-state index is 0.290. The van der Waals surface area contributed by atoms with Gasteiger partial charge in [0.15, 0.2) is 60.2 Å². The van der Waals surface area contributed by atoms with Crippen LogP contribution >= 0.6 is 0 Å². The fraction of sp³-hybridized carbons (Fsp3) is 0.789. The van der Waals surface area contributed by atoms with Crippen LogP contribution < -0.4 is 0 Å².